The molecule has 0 aliphatic carbocycles. The molecule has 0 aliphatic heterocycles. The lowest BCUT2D eigenvalue weighted by Gasteiger charge is -2.04. The fourth-order valence-corrected chi connectivity index (χ4v) is 1.44. The monoisotopic (exact) mass is 245 g/mol. The Bertz CT molecular complexity index is 554. The van der Waals surface area contributed by atoms with Gasteiger partial charge in [-0.15, -0.1) is 0 Å². The summed E-state index contributed by atoms with van der Waals surface area (Å²) in [5.41, 5.74) is 1.44. The second-order valence-electron chi connectivity index (χ2n) is 3.86. The van der Waals surface area contributed by atoms with Gasteiger partial charge in [-0.05, 0) is 24.6 Å². The molecule has 2 rings (SSSR count). The molecular weight excluding hydrogens is 233 g/mol. The van der Waals surface area contributed by atoms with Crippen molar-refractivity contribution in [1.29, 1.82) is 0 Å². The van der Waals surface area contributed by atoms with Crippen LogP contribution in [0.4, 0.5) is 10.3 Å². The number of anilines is 1. The molecule has 0 radical (unpaired) electrons. The van der Waals surface area contributed by atoms with E-state index < -0.39 is 0 Å². The molecule has 0 atom stereocenters. The van der Waals surface area contributed by atoms with Crippen LogP contribution in [-0.4, -0.2) is 22.3 Å². The van der Waals surface area contributed by atoms with Crippen molar-refractivity contribution in [2.45, 2.75) is 6.92 Å². The molecule has 4 nitrogen and oxygen atoms in total. The number of aromatic nitrogens is 2. The minimum Gasteiger partial charge on any atom is -0.347 e. The van der Waals surface area contributed by atoms with E-state index in [0.717, 1.165) is 5.56 Å². The smallest absolute Gasteiger partial charge is 0.222 e. The first kappa shape index (κ1) is 12.2. The van der Waals surface area contributed by atoms with Gasteiger partial charge in [-0.25, -0.2) is 14.4 Å². The van der Waals surface area contributed by atoms with Gasteiger partial charge in [0.2, 0.25) is 5.95 Å². The Morgan fingerprint density at radius 2 is 2.00 bits per heavy atom. The molecule has 1 aromatic carbocycles. The third-order valence-electron chi connectivity index (χ3n) is 2.31. The van der Waals surface area contributed by atoms with Gasteiger partial charge < -0.3 is 5.32 Å². The van der Waals surface area contributed by atoms with Crippen LogP contribution in [0.2, 0.25) is 0 Å². The second kappa shape index (κ2) is 5.35. The molecule has 0 saturated heterocycles. The number of carbonyl (C=O) groups excluding carboxylic acids is 1. The van der Waals surface area contributed by atoms with Crippen molar-refractivity contribution >= 4 is 11.7 Å². The maximum Gasteiger partial charge on any atom is 0.222 e. The zero-order valence-corrected chi connectivity index (χ0v) is 9.85. The Morgan fingerprint density at radius 3 is 2.61 bits per heavy atom. The van der Waals surface area contributed by atoms with Crippen LogP contribution in [0.3, 0.4) is 0 Å². The average Bonchev–Trinajstić information content (AvgIpc) is 2.37. The lowest BCUT2D eigenvalue weighted by atomic mass is 10.1. The molecule has 1 aromatic heterocycles. The minimum atomic E-state index is -0.300. The Kier molecular flexibility index (Phi) is 3.62. The van der Waals surface area contributed by atoms with E-state index in [9.17, 15) is 9.18 Å². The fourth-order valence-electron chi connectivity index (χ4n) is 1.44. The Labute approximate surface area is 104 Å². The first-order chi connectivity index (χ1) is 8.65. The lowest BCUT2D eigenvalue weighted by Crippen LogP contribution is -2.11. The Morgan fingerprint density at radius 1 is 1.28 bits per heavy atom. The SMILES string of the molecule is CC(=O)CNc1ncc(-c2cccc(F)c2)cn1. The van der Waals surface area contributed by atoms with Gasteiger partial charge in [-0.3, -0.25) is 4.79 Å². The molecule has 0 saturated carbocycles. The highest BCUT2D eigenvalue weighted by molar-refractivity contribution is 5.79. The number of hydrogen-bond donors (Lipinski definition) is 1. The normalized spacial score (nSPS) is 10.1. The highest BCUT2D eigenvalue weighted by Gasteiger charge is 2.02. The molecule has 0 aliphatic rings. The van der Waals surface area contributed by atoms with Crippen molar-refractivity contribution in [2.75, 3.05) is 11.9 Å². The summed E-state index contributed by atoms with van der Waals surface area (Å²) in [5.74, 6) is 0.0874. The molecule has 1 N–H and O–H groups in total. The quantitative estimate of drug-likeness (QED) is 0.897. The average molecular weight is 245 g/mol. The molecule has 18 heavy (non-hydrogen) atoms. The van der Waals surface area contributed by atoms with Crippen LogP contribution in [0.1, 0.15) is 6.92 Å². The third kappa shape index (κ3) is 3.10. The van der Waals surface area contributed by atoms with Crippen LogP contribution in [0.5, 0.6) is 0 Å². The number of hydrogen-bond acceptors (Lipinski definition) is 4. The van der Waals surface area contributed by atoms with Crippen molar-refractivity contribution in [3.63, 3.8) is 0 Å². The highest BCUT2D eigenvalue weighted by Crippen LogP contribution is 2.18. The third-order valence-corrected chi connectivity index (χ3v) is 2.31. The van der Waals surface area contributed by atoms with E-state index >= 15 is 0 Å². The van der Waals surface area contributed by atoms with Crippen LogP contribution in [-0.2, 0) is 4.79 Å². The molecular formula is C13H12FN3O. The molecule has 92 valence electrons. The standard InChI is InChI=1S/C13H12FN3O/c1-9(18)6-15-13-16-7-11(8-17-13)10-3-2-4-12(14)5-10/h2-5,7-8H,6H2,1H3,(H,15,16,17). The number of nitrogens with zero attached hydrogens (tertiary/aromatic N) is 2. The summed E-state index contributed by atoms with van der Waals surface area (Å²) in [7, 11) is 0. The topological polar surface area (TPSA) is 54.9 Å². The van der Waals surface area contributed by atoms with E-state index in [2.05, 4.69) is 15.3 Å². The first-order valence-corrected chi connectivity index (χ1v) is 5.46. The summed E-state index contributed by atoms with van der Waals surface area (Å²) in [5, 5.41) is 2.79. The number of ketones is 1. The highest BCUT2D eigenvalue weighted by atomic mass is 19.1. The van der Waals surface area contributed by atoms with Gasteiger partial charge in [-0.1, -0.05) is 12.1 Å². The summed E-state index contributed by atoms with van der Waals surface area (Å²) >= 11 is 0. The maximum atomic E-state index is 13.1. The Hall–Kier alpha value is -2.30. The van der Waals surface area contributed by atoms with Gasteiger partial charge in [0.15, 0.2) is 0 Å². The van der Waals surface area contributed by atoms with Crippen molar-refractivity contribution in [2.24, 2.45) is 0 Å². The van der Waals surface area contributed by atoms with Gasteiger partial charge in [0.25, 0.3) is 0 Å². The van der Waals surface area contributed by atoms with Gasteiger partial charge >= 0.3 is 0 Å². The number of halogens is 1. The lowest BCUT2D eigenvalue weighted by molar-refractivity contribution is -0.115. The number of Topliss-reactive ketones (excluding diaryl/α,β-unsaturated/α-hetero) is 1. The number of nitrogens with one attached hydrogen (secondary N) is 1. The molecule has 2 aromatic rings. The predicted molar refractivity (Wildman–Crippen MR) is 66.6 cm³/mol. The van der Waals surface area contributed by atoms with Gasteiger partial charge in [0.1, 0.15) is 11.6 Å². The van der Waals surface area contributed by atoms with Gasteiger partial charge in [0, 0.05) is 18.0 Å². The summed E-state index contributed by atoms with van der Waals surface area (Å²) in [6.07, 6.45) is 3.18. The summed E-state index contributed by atoms with van der Waals surface area (Å²) in [6.45, 7) is 1.67. The van der Waals surface area contributed by atoms with E-state index in [1.165, 1.54) is 19.1 Å². The fraction of sp³-hybridized carbons (Fsp3) is 0.154. The maximum absolute atomic E-state index is 13.1. The van der Waals surface area contributed by atoms with E-state index in [1.807, 2.05) is 0 Å². The second-order valence-corrected chi connectivity index (χ2v) is 3.86. The van der Waals surface area contributed by atoms with Crippen molar-refractivity contribution in [3.8, 4) is 11.1 Å². The number of rotatable bonds is 4. The summed E-state index contributed by atoms with van der Waals surface area (Å²) in [6, 6.07) is 6.21. The van der Waals surface area contributed by atoms with E-state index in [0.29, 0.717) is 11.5 Å². The molecule has 5 heteroatoms. The zero-order valence-electron chi connectivity index (χ0n) is 9.85. The molecule has 0 bridgehead atoms. The van der Waals surface area contributed by atoms with E-state index in [-0.39, 0.29) is 18.1 Å². The minimum absolute atomic E-state index is 0.00723. The van der Waals surface area contributed by atoms with Crippen molar-refractivity contribution < 1.29 is 9.18 Å². The predicted octanol–water partition coefficient (Wildman–Crippen LogP) is 2.28. The van der Waals surface area contributed by atoms with Crippen molar-refractivity contribution in [3.05, 3.63) is 42.5 Å². The zero-order chi connectivity index (χ0) is 13.0. The summed E-state index contributed by atoms with van der Waals surface area (Å²) < 4.78 is 13.1. The van der Waals surface area contributed by atoms with Crippen LogP contribution < -0.4 is 5.32 Å². The van der Waals surface area contributed by atoms with Crippen LogP contribution in [0, 0.1) is 5.82 Å². The number of carbonyl (C=O) groups is 1. The molecule has 0 unspecified atom stereocenters. The van der Waals surface area contributed by atoms with Gasteiger partial charge in [0.05, 0.1) is 6.54 Å². The van der Waals surface area contributed by atoms with Crippen LogP contribution >= 0.6 is 0 Å². The van der Waals surface area contributed by atoms with Crippen molar-refractivity contribution in [1.82, 2.24) is 9.97 Å². The molecule has 1 heterocycles. The van der Waals surface area contributed by atoms with Gasteiger partial charge in [-0.2, -0.15) is 0 Å². The Balaban J connectivity index is 2.14. The largest absolute Gasteiger partial charge is 0.347 e. The van der Waals surface area contributed by atoms with E-state index in [4.69, 9.17) is 0 Å². The molecule has 0 amide bonds. The number of benzene rings is 1. The van der Waals surface area contributed by atoms with Crippen LogP contribution in [0.15, 0.2) is 36.7 Å². The van der Waals surface area contributed by atoms with Crippen LogP contribution in [0.25, 0.3) is 11.1 Å². The summed E-state index contributed by atoms with van der Waals surface area (Å²) in [4.78, 5) is 18.9. The van der Waals surface area contributed by atoms with E-state index in [1.54, 1.807) is 24.5 Å². The molecule has 0 fully saturated rings. The molecule has 0 spiro atoms. The first-order valence-electron chi connectivity index (χ1n) is 5.46.